The van der Waals surface area contributed by atoms with Crippen LogP contribution in [0.15, 0.2) is 0 Å². The number of carbonyl (C=O) groups excluding carboxylic acids is 3. The van der Waals surface area contributed by atoms with Crippen molar-refractivity contribution in [3.63, 3.8) is 0 Å². The van der Waals surface area contributed by atoms with Gasteiger partial charge in [0.25, 0.3) is 0 Å². The molecule has 35 atom stereocenters. The van der Waals surface area contributed by atoms with Crippen LogP contribution in [0.2, 0.25) is 0 Å². The lowest BCUT2D eigenvalue weighted by molar-refractivity contribution is -0.407. The minimum atomic E-state index is -2.41. The Balaban J connectivity index is 1.30. The van der Waals surface area contributed by atoms with Gasteiger partial charge >= 0.3 is 0 Å². The van der Waals surface area contributed by atoms with Crippen molar-refractivity contribution in [2.75, 3.05) is 39.6 Å². The molecule has 0 spiro atoms. The molecule has 0 aromatic carbocycles. The molecule has 7 fully saturated rings. The van der Waals surface area contributed by atoms with Gasteiger partial charge in [-0.25, -0.2) is 0 Å². The lowest BCUT2D eigenvalue weighted by atomic mass is 9.93. The molecule has 86 heavy (non-hydrogen) atoms. The summed E-state index contributed by atoms with van der Waals surface area (Å²) in [7, 11) is 0. The summed E-state index contributed by atoms with van der Waals surface area (Å²) >= 11 is 0. The molecule has 0 aromatic heterocycles. The highest BCUT2D eigenvalue weighted by atomic mass is 16.8. The van der Waals surface area contributed by atoms with Crippen molar-refractivity contribution in [3.05, 3.63) is 0 Å². The normalized spacial score (nSPS) is 49.4. The Morgan fingerprint density at radius 1 is 0.326 bits per heavy atom. The van der Waals surface area contributed by atoms with E-state index in [0.29, 0.717) is 0 Å². The number of nitrogens with one attached hydrogen (secondary N) is 3. The fourth-order valence-electron chi connectivity index (χ4n) is 11.0. The highest BCUT2D eigenvalue weighted by Gasteiger charge is 2.60. The molecule has 0 aromatic rings. The summed E-state index contributed by atoms with van der Waals surface area (Å²) in [5.41, 5.74) is 0. The van der Waals surface area contributed by atoms with Crippen LogP contribution in [-0.4, -0.2) is 369 Å². The Morgan fingerprint density at radius 3 is 1.23 bits per heavy atom. The van der Waals surface area contributed by atoms with E-state index in [4.69, 9.17) is 61.6 Å². The van der Waals surface area contributed by atoms with Gasteiger partial charge in [0.15, 0.2) is 44.0 Å². The van der Waals surface area contributed by atoms with Gasteiger partial charge in [-0.15, -0.1) is 0 Å². The van der Waals surface area contributed by atoms with Gasteiger partial charge < -0.3 is 175 Å². The molecule has 0 aliphatic carbocycles. The van der Waals surface area contributed by atoms with Crippen molar-refractivity contribution < 1.29 is 173 Å². The molecule has 1 unspecified atom stereocenters. The molecule has 7 rings (SSSR count). The highest BCUT2D eigenvalue weighted by Crippen LogP contribution is 2.39. The summed E-state index contributed by atoms with van der Waals surface area (Å²) in [6.07, 6.45) is -63.8. The fourth-order valence-corrected chi connectivity index (χ4v) is 11.0. The van der Waals surface area contributed by atoms with E-state index in [-0.39, 0.29) is 0 Å². The largest absolute Gasteiger partial charge is 0.394 e. The summed E-state index contributed by atoms with van der Waals surface area (Å²) in [5, 5.41) is 215. The number of hydrogen-bond acceptors (Lipinski definition) is 35. The number of aliphatic hydroxyl groups excluding tert-OH is 19. The van der Waals surface area contributed by atoms with E-state index in [0.717, 1.165) is 20.8 Å². The molecule has 0 saturated carbocycles. The van der Waals surface area contributed by atoms with E-state index in [1.54, 1.807) is 0 Å². The van der Waals surface area contributed by atoms with Crippen LogP contribution in [0.1, 0.15) is 27.7 Å². The third kappa shape index (κ3) is 15.4. The molecule has 498 valence electrons. The van der Waals surface area contributed by atoms with Gasteiger partial charge in [0.1, 0.15) is 165 Å². The second-order valence-corrected chi connectivity index (χ2v) is 21.8. The van der Waals surface area contributed by atoms with E-state index in [2.05, 4.69) is 16.0 Å². The Hall–Kier alpha value is -2.87. The molecule has 38 heteroatoms. The zero-order valence-electron chi connectivity index (χ0n) is 46.5. The van der Waals surface area contributed by atoms with Crippen LogP contribution in [0, 0.1) is 0 Å². The van der Waals surface area contributed by atoms with Crippen LogP contribution in [-0.2, 0) is 76.0 Å². The number of ether oxygens (including phenoxy) is 13. The Bertz CT molecular complexity index is 2170. The van der Waals surface area contributed by atoms with E-state index >= 15 is 0 Å². The average molecular weight is 1260 g/mol. The summed E-state index contributed by atoms with van der Waals surface area (Å²) in [6, 6.07) is -5.20. The quantitative estimate of drug-likeness (QED) is 0.0507. The Kier molecular flexibility index (Phi) is 25.0. The van der Waals surface area contributed by atoms with Crippen molar-refractivity contribution in [3.8, 4) is 0 Å². The third-order valence-electron chi connectivity index (χ3n) is 15.7. The average Bonchev–Trinajstić information content (AvgIpc) is 1.14. The van der Waals surface area contributed by atoms with E-state index in [1.165, 1.54) is 6.92 Å². The van der Waals surface area contributed by atoms with Crippen molar-refractivity contribution in [2.45, 2.75) is 242 Å². The maximum Gasteiger partial charge on any atom is 0.217 e. The number of hydrogen-bond donors (Lipinski definition) is 22. The standard InChI is InChI=1S/C48H81N3O35/c1-11-24(60)32(68)34(70)45(75-11)86-41-40(85-44-23(51-14(4)59)38(28(64)18(8-55)78-44)83-46-35(71)33(69)26(62)16(6-53)79-46)29(65)19(9-56)80-48(41)84-39-30(66)20(10-74-43-21(49-12(2)57)31(67)25(61)15(5-52)77-43)81-47(36(39)72)82-37-22(50-13(3)58)42(73)76-17(7-54)27(37)63/h11,15-48,52-56,60-73H,5-10H2,1-4H3,(H,49,57)(H,50,58)(H,51,59)/t11-,15+,16+,17+,18+,19+,20+,21+,22+,23+,24+,25+,26-,27-,28-,29-,30-,31+,32+,33-,34-,35+,36+,37+,38+,39-,40-,41+,42?,43+,44+,45-,46+,47-,48-/m0/s1. The molecule has 7 aliphatic rings. The van der Waals surface area contributed by atoms with Gasteiger partial charge in [-0.3, -0.25) is 14.4 Å². The lowest BCUT2D eigenvalue weighted by Crippen LogP contribution is -2.71. The second kappa shape index (κ2) is 30.5. The minimum Gasteiger partial charge on any atom is -0.394 e. The summed E-state index contributed by atoms with van der Waals surface area (Å²) in [4.78, 5) is 37.7. The van der Waals surface area contributed by atoms with Crippen LogP contribution in [0.25, 0.3) is 0 Å². The van der Waals surface area contributed by atoms with Gasteiger partial charge in [0.2, 0.25) is 17.7 Å². The van der Waals surface area contributed by atoms with Crippen LogP contribution in [0.5, 0.6) is 0 Å². The molecular formula is C48H81N3O35. The Morgan fingerprint density at radius 2 is 0.686 bits per heavy atom. The molecule has 7 aliphatic heterocycles. The molecule has 7 saturated heterocycles. The predicted molar refractivity (Wildman–Crippen MR) is 265 cm³/mol. The van der Waals surface area contributed by atoms with Gasteiger partial charge in [-0.1, -0.05) is 0 Å². The topological polar surface area (TPSA) is 592 Å². The first-order chi connectivity index (χ1) is 40.6. The summed E-state index contributed by atoms with van der Waals surface area (Å²) in [5.74, 6) is -2.52. The number of carbonyl (C=O) groups is 3. The van der Waals surface area contributed by atoms with Crippen LogP contribution >= 0.6 is 0 Å². The second-order valence-electron chi connectivity index (χ2n) is 21.8. The van der Waals surface area contributed by atoms with E-state index in [1.807, 2.05) is 0 Å². The van der Waals surface area contributed by atoms with Crippen LogP contribution < -0.4 is 16.0 Å². The van der Waals surface area contributed by atoms with Gasteiger partial charge in [0, 0.05) is 20.8 Å². The summed E-state index contributed by atoms with van der Waals surface area (Å²) in [6.45, 7) is -1.78. The smallest absolute Gasteiger partial charge is 0.217 e. The Labute approximate surface area is 488 Å². The molecular weight excluding hydrogens is 1180 g/mol. The van der Waals surface area contributed by atoms with Gasteiger partial charge in [0.05, 0.1) is 45.7 Å². The van der Waals surface area contributed by atoms with E-state index in [9.17, 15) is 111 Å². The molecule has 0 bridgehead atoms. The molecule has 0 radical (unpaired) electrons. The fraction of sp³-hybridized carbons (Fsp3) is 0.938. The molecule has 7 heterocycles. The maximum absolute atomic E-state index is 13.0. The first kappa shape index (κ1) is 70.6. The van der Waals surface area contributed by atoms with Crippen molar-refractivity contribution in [1.29, 1.82) is 0 Å². The maximum atomic E-state index is 13.0. The third-order valence-corrected chi connectivity index (χ3v) is 15.7. The van der Waals surface area contributed by atoms with Crippen molar-refractivity contribution in [2.24, 2.45) is 0 Å². The van der Waals surface area contributed by atoms with Crippen LogP contribution in [0.3, 0.4) is 0 Å². The van der Waals surface area contributed by atoms with Crippen molar-refractivity contribution in [1.82, 2.24) is 16.0 Å². The summed E-state index contributed by atoms with van der Waals surface area (Å²) < 4.78 is 76.8. The lowest BCUT2D eigenvalue weighted by Gasteiger charge is -2.52. The zero-order valence-corrected chi connectivity index (χ0v) is 46.5. The van der Waals surface area contributed by atoms with E-state index < -0.39 is 272 Å². The minimum absolute atomic E-state index is 0.774. The SMILES string of the molecule is CC(=O)N[C@H]1[C@H](OC[C@H]2O[C@@H](O[C@H]3[C@@H](O)[C@@H](CO)OC(O)[C@@H]3NC(C)=O)[C@H](O)[C@@H](O[C@@H]3O[C@H](CO)[C@H](O)[C@H](O[C@H]4O[C@H](CO)[C@H](O)[C@H](O[C@H]5O[C@H](CO)[C@H](O)[C@H](O)[C@H]5O)[C@H]4NC(C)=O)[C@H]3O[C@@H]3O[C@@H](C)[C@@H](O)[C@@H](O)[C@@H]3O)[C@H]2O)O[C@H](CO)[C@@H](O)[C@@H]1O. The monoisotopic (exact) mass is 1260 g/mol. The number of aliphatic hydroxyl groups is 19. The first-order valence-electron chi connectivity index (χ1n) is 27.5. The van der Waals surface area contributed by atoms with Crippen molar-refractivity contribution >= 4 is 17.7 Å². The van der Waals surface area contributed by atoms with Crippen LogP contribution in [0.4, 0.5) is 0 Å². The number of amides is 3. The van der Waals surface area contributed by atoms with Gasteiger partial charge in [-0.2, -0.15) is 0 Å². The van der Waals surface area contributed by atoms with Gasteiger partial charge in [-0.05, 0) is 6.92 Å². The molecule has 38 nitrogen and oxygen atoms in total. The first-order valence-corrected chi connectivity index (χ1v) is 27.5. The number of rotatable bonds is 21. The molecule has 3 amide bonds. The molecule has 22 N–H and O–H groups in total. The predicted octanol–water partition coefficient (Wildman–Crippen LogP) is -14.8. The highest BCUT2D eigenvalue weighted by molar-refractivity contribution is 5.74. The zero-order chi connectivity index (χ0) is 63.5.